The van der Waals surface area contributed by atoms with Crippen LogP contribution in [-0.2, 0) is 6.54 Å². The number of benzene rings is 2. The lowest BCUT2D eigenvalue weighted by molar-refractivity contribution is 0.589. The van der Waals surface area contributed by atoms with E-state index in [4.69, 9.17) is 11.6 Å². The summed E-state index contributed by atoms with van der Waals surface area (Å²) in [6.07, 6.45) is 0. The minimum Gasteiger partial charge on any atom is -0.310 e. The maximum atomic E-state index is 6.54. The van der Waals surface area contributed by atoms with Crippen molar-refractivity contribution in [2.75, 3.05) is 0 Å². The summed E-state index contributed by atoms with van der Waals surface area (Å²) < 4.78 is 0. The minimum absolute atomic E-state index is 0.477. The Morgan fingerprint density at radius 2 is 1.62 bits per heavy atom. The Morgan fingerprint density at radius 1 is 1.00 bits per heavy atom. The van der Waals surface area contributed by atoms with Crippen molar-refractivity contribution in [2.24, 2.45) is 0 Å². The summed E-state index contributed by atoms with van der Waals surface area (Å²) in [6.45, 7) is 11.6. The zero-order valence-electron chi connectivity index (χ0n) is 13.5. The predicted octanol–water partition coefficient (Wildman–Crippen LogP) is 5.43. The second kappa shape index (κ2) is 6.64. The molecule has 0 radical (unpaired) electrons. The summed E-state index contributed by atoms with van der Waals surface area (Å²) in [4.78, 5) is 0. The van der Waals surface area contributed by atoms with Crippen LogP contribution in [-0.4, -0.2) is 6.04 Å². The van der Waals surface area contributed by atoms with E-state index < -0.39 is 0 Å². The zero-order chi connectivity index (χ0) is 15.6. The van der Waals surface area contributed by atoms with Crippen LogP contribution in [0.1, 0.15) is 36.1 Å². The van der Waals surface area contributed by atoms with Gasteiger partial charge in [0.05, 0.1) is 0 Å². The molecule has 0 saturated carbocycles. The first-order chi connectivity index (χ1) is 9.88. The fourth-order valence-corrected chi connectivity index (χ4v) is 3.10. The van der Waals surface area contributed by atoms with Gasteiger partial charge in [0.2, 0.25) is 0 Å². The summed E-state index contributed by atoms with van der Waals surface area (Å²) in [5.41, 5.74) is 7.46. The molecule has 0 unspecified atom stereocenters. The molecule has 0 aliphatic rings. The van der Waals surface area contributed by atoms with Gasteiger partial charge < -0.3 is 5.32 Å². The molecule has 0 aliphatic heterocycles. The fourth-order valence-electron chi connectivity index (χ4n) is 2.80. The standard InChI is InChI=1S/C19H24ClN/c1-12(2)21-11-16-6-7-17(18(20)10-16)19-14(4)8-13(3)9-15(19)5/h6-10,12,21H,11H2,1-5H3. The smallest absolute Gasteiger partial charge is 0.0487 e. The molecule has 0 aliphatic carbocycles. The van der Waals surface area contributed by atoms with E-state index in [1.54, 1.807) is 0 Å². The second-order valence-corrected chi connectivity index (χ2v) is 6.53. The van der Waals surface area contributed by atoms with Crippen LogP contribution in [0.3, 0.4) is 0 Å². The second-order valence-electron chi connectivity index (χ2n) is 6.12. The first-order valence-corrected chi connectivity index (χ1v) is 7.86. The van der Waals surface area contributed by atoms with E-state index in [0.29, 0.717) is 6.04 Å². The Bertz CT molecular complexity index is 621. The van der Waals surface area contributed by atoms with Crippen LogP contribution in [0, 0.1) is 20.8 Å². The van der Waals surface area contributed by atoms with Crippen molar-refractivity contribution >= 4 is 11.6 Å². The van der Waals surface area contributed by atoms with Gasteiger partial charge in [-0.3, -0.25) is 0 Å². The van der Waals surface area contributed by atoms with Crippen molar-refractivity contribution in [1.29, 1.82) is 0 Å². The molecule has 0 spiro atoms. The molecule has 1 nitrogen and oxygen atoms in total. The number of hydrogen-bond acceptors (Lipinski definition) is 1. The maximum Gasteiger partial charge on any atom is 0.0487 e. The van der Waals surface area contributed by atoms with Gasteiger partial charge >= 0.3 is 0 Å². The minimum atomic E-state index is 0.477. The molecule has 0 aromatic heterocycles. The Morgan fingerprint density at radius 3 is 2.14 bits per heavy atom. The quantitative estimate of drug-likeness (QED) is 0.794. The Kier molecular flexibility index (Phi) is 5.08. The molecular formula is C19H24ClN. The van der Waals surface area contributed by atoms with Gasteiger partial charge in [-0.25, -0.2) is 0 Å². The van der Waals surface area contributed by atoms with E-state index in [2.05, 4.69) is 70.3 Å². The van der Waals surface area contributed by atoms with Crippen molar-refractivity contribution in [2.45, 2.75) is 47.2 Å². The summed E-state index contributed by atoms with van der Waals surface area (Å²) in [7, 11) is 0. The van der Waals surface area contributed by atoms with E-state index in [1.807, 2.05) is 0 Å². The summed E-state index contributed by atoms with van der Waals surface area (Å²) in [6, 6.07) is 11.3. The molecule has 2 aromatic rings. The molecule has 21 heavy (non-hydrogen) atoms. The first kappa shape index (κ1) is 16.1. The molecule has 1 N–H and O–H groups in total. The van der Waals surface area contributed by atoms with Gasteiger partial charge in [-0.15, -0.1) is 0 Å². The molecule has 0 saturated heterocycles. The highest BCUT2D eigenvalue weighted by Gasteiger charge is 2.11. The molecule has 0 amide bonds. The van der Waals surface area contributed by atoms with E-state index in [0.717, 1.165) is 17.1 Å². The first-order valence-electron chi connectivity index (χ1n) is 7.48. The Balaban J connectivity index is 2.38. The van der Waals surface area contributed by atoms with Gasteiger partial charge in [-0.1, -0.05) is 55.3 Å². The van der Waals surface area contributed by atoms with Gasteiger partial charge in [0.1, 0.15) is 0 Å². The molecule has 2 aromatic carbocycles. The number of nitrogens with one attached hydrogen (secondary N) is 1. The monoisotopic (exact) mass is 301 g/mol. The fraction of sp³-hybridized carbons (Fsp3) is 0.368. The summed E-state index contributed by atoms with van der Waals surface area (Å²) >= 11 is 6.54. The van der Waals surface area contributed by atoms with Crippen molar-refractivity contribution in [3.63, 3.8) is 0 Å². The van der Waals surface area contributed by atoms with Crippen LogP contribution in [0.5, 0.6) is 0 Å². The van der Waals surface area contributed by atoms with Crippen LogP contribution in [0.25, 0.3) is 11.1 Å². The normalized spacial score (nSPS) is 11.2. The predicted molar refractivity (Wildman–Crippen MR) is 93.1 cm³/mol. The van der Waals surface area contributed by atoms with Gasteiger partial charge in [-0.05, 0) is 49.1 Å². The van der Waals surface area contributed by atoms with E-state index in [9.17, 15) is 0 Å². The van der Waals surface area contributed by atoms with Crippen LogP contribution in [0.15, 0.2) is 30.3 Å². The SMILES string of the molecule is Cc1cc(C)c(-c2ccc(CNC(C)C)cc2Cl)c(C)c1. The van der Waals surface area contributed by atoms with Crippen LogP contribution >= 0.6 is 11.6 Å². The average Bonchev–Trinajstić information content (AvgIpc) is 2.37. The largest absolute Gasteiger partial charge is 0.310 e. The molecular weight excluding hydrogens is 278 g/mol. The highest BCUT2D eigenvalue weighted by atomic mass is 35.5. The summed E-state index contributed by atoms with van der Waals surface area (Å²) in [5, 5.41) is 4.25. The van der Waals surface area contributed by atoms with E-state index >= 15 is 0 Å². The molecule has 0 atom stereocenters. The van der Waals surface area contributed by atoms with Crippen LogP contribution in [0.2, 0.25) is 5.02 Å². The number of halogens is 1. The molecule has 2 rings (SSSR count). The van der Waals surface area contributed by atoms with Gasteiger partial charge in [0.15, 0.2) is 0 Å². The van der Waals surface area contributed by atoms with Gasteiger partial charge in [-0.2, -0.15) is 0 Å². The third-order valence-electron chi connectivity index (χ3n) is 3.69. The average molecular weight is 302 g/mol. The molecule has 0 fully saturated rings. The third-order valence-corrected chi connectivity index (χ3v) is 4.01. The highest BCUT2D eigenvalue weighted by molar-refractivity contribution is 6.33. The van der Waals surface area contributed by atoms with Gasteiger partial charge in [0.25, 0.3) is 0 Å². The molecule has 0 bridgehead atoms. The molecule has 0 heterocycles. The topological polar surface area (TPSA) is 12.0 Å². The lowest BCUT2D eigenvalue weighted by Gasteiger charge is -2.15. The van der Waals surface area contributed by atoms with Crippen molar-refractivity contribution in [1.82, 2.24) is 5.32 Å². The van der Waals surface area contributed by atoms with Crippen LogP contribution in [0.4, 0.5) is 0 Å². The van der Waals surface area contributed by atoms with Crippen LogP contribution < -0.4 is 5.32 Å². The van der Waals surface area contributed by atoms with Crippen molar-refractivity contribution in [3.8, 4) is 11.1 Å². The molecule has 112 valence electrons. The zero-order valence-corrected chi connectivity index (χ0v) is 14.3. The lowest BCUT2D eigenvalue weighted by Crippen LogP contribution is -2.21. The number of hydrogen-bond donors (Lipinski definition) is 1. The summed E-state index contributed by atoms with van der Waals surface area (Å²) in [5.74, 6) is 0. The van der Waals surface area contributed by atoms with Crippen molar-refractivity contribution in [3.05, 3.63) is 57.6 Å². The van der Waals surface area contributed by atoms with E-state index in [-0.39, 0.29) is 0 Å². The Labute approximate surface area is 133 Å². The molecule has 2 heteroatoms. The number of rotatable bonds is 4. The maximum absolute atomic E-state index is 6.54. The number of aryl methyl sites for hydroxylation is 3. The van der Waals surface area contributed by atoms with Crippen molar-refractivity contribution < 1.29 is 0 Å². The van der Waals surface area contributed by atoms with Gasteiger partial charge in [0, 0.05) is 23.2 Å². The lowest BCUT2D eigenvalue weighted by atomic mass is 9.93. The van der Waals surface area contributed by atoms with E-state index in [1.165, 1.54) is 27.8 Å². The third kappa shape index (κ3) is 3.87. The highest BCUT2D eigenvalue weighted by Crippen LogP contribution is 2.34. The Hall–Kier alpha value is -1.31.